The van der Waals surface area contributed by atoms with E-state index in [4.69, 9.17) is 20.4 Å². The Morgan fingerprint density at radius 1 is 1.02 bits per heavy atom. The molecule has 1 spiro atoms. The van der Waals surface area contributed by atoms with E-state index in [1.165, 1.54) is 12.1 Å². The molecular weight excluding hydrogens is 659 g/mol. The minimum atomic E-state index is -1.50. The number of aliphatic hydroxyl groups is 2. The minimum absolute atomic E-state index is 0.0852. The summed E-state index contributed by atoms with van der Waals surface area (Å²) >= 11 is 0. The third-order valence-electron chi connectivity index (χ3n) is 13.6. The lowest BCUT2D eigenvalue weighted by molar-refractivity contribution is -0.231. The van der Waals surface area contributed by atoms with E-state index in [0.717, 1.165) is 46.4 Å². The second-order valence-corrected chi connectivity index (χ2v) is 15.8. The maximum absolute atomic E-state index is 14.6. The zero-order chi connectivity index (χ0) is 36.7. The smallest absolute Gasteiger partial charge is 0.167 e. The molecule has 2 aliphatic heterocycles. The fraction of sp³-hybridized carbons (Fsp3) is 0.476. The van der Waals surface area contributed by atoms with Crippen LogP contribution < -0.4 is 0 Å². The summed E-state index contributed by atoms with van der Waals surface area (Å²) in [5.74, 6) is 0.782. The third-order valence-corrected chi connectivity index (χ3v) is 13.6. The van der Waals surface area contributed by atoms with Gasteiger partial charge in [0.05, 0.1) is 16.7 Å². The molecule has 6 aliphatic rings. The Bertz CT molecular complexity index is 2230. The number of nitrogens with zero attached hydrogens (tertiary/aromatic N) is 4. The van der Waals surface area contributed by atoms with Crippen molar-refractivity contribution in [3.63, 3.8) is 0 Å². The van der Waals surface area contributed by atoms with Crippen LogP contribution in [0.4, 0.5) is 4.39 Å². The van der Waals surface area contributed by atoms with Crippen molar-refractivity contribution in [1.82, 2.24) is 19.6 Å². The van der Waals surface area contributed by atoms with Gasteiger partial charge in [0.25, 0.3) is 0 Å². The molecule has 9 nitrogen and oxygen atoms in total. The Labute approximate surface area is 303 Å². The first-order valence-electron chi connectivity index (χ1n) is 19.2. The van der Waals surface area contributed by atoms with Crippen molar-refractivity contribution in [2.24, 2.45) is 11.3 Å². The molecule has 52 heavy (non-hydrogen) atoms. The molecule has 7 atom stereocenters. The Hall–Kier alpha value is -3.93. The third kappa shape index (κ3) is 3.84. The van der Waals surface area contributed by atoms with Crippen molar-refractivity contribution < 1.29 is 30.0 Å². The van der Waals surface area contributed by atoms with Crippen molar-refractivity contribution in [3.8, 4) is 11.1 Å². The standard InChI is InChI=1S/C42H45FN4O5/c1-24-36(25(2)51-45-24)26-8-15-32-31(22-26)44-38(47(32)39(50-4)18-6-5-7-19-39)42-35(49)17-14-30-33-23-27-9-16-34(48)41(52-42,28-10-12-29(43)13-11-28)37(27)40(30,42)20-21-46(33)3/h8-17,22,30,33-35,48-49H,5-7,18-21,23H2,1-4H3/t30-,33+,34?,35-,40-,41?,42+/m0/s1/i5D/t5?,30-,33+,34?,35-,39?,40-,41?,42+. The fourth-order valence-corrected chi connectivity index (χ4v) is 11.4. The quantitative estimate of drug-likeness (QED) is 0.221. The maximum atomic E-state index is 14.6. The van der Waals surface area contributed by atoms with Crippen LogP contribution in [-0.2, 0) is 26.4 Å². The Kier molecular flexibility index (Phi) is 6.71. The van der Waals surface area contributed by atoms with E-state index in [2.05, 4.69) is 45.9 Å². The molecule has 2 aromatic heterocycles. The van der Waals surface area contributed by atoms with Crippen LogP contribution in [0.15, 0.2) is 82.4 Å². The highest BCUT2D eigenvalue weighted by Crippen LogP contribution is 2.76. The summed E-state index contributed by atoms with van der Waals surface area (Å²) in [7, 11) is 3.89. The molecule has 270 valence electrons. The van der Waals surface area contributed by atoms with Crippen LogP contribution >= 0.6 is 0 Å². The van der Waals surface area contributed by atoms with Gasteiger partial charge in [-0.25, -0.2) is 9.37 Å². The largest absolute Gasteiger partial charge is 0.385 e. The van der Waals surface area contributed by atoms with E-state index in [1.807, 2.05) is 26.0 Å². The van der Waals surface area contributed by atoms with Crippen molar-refractivity contribution in [3.05, 3.63) is 107 Å². The number of imidazole rings is 1. The number of likely N-dealkylation sites (tertiary alicyclic amines) is 1. The van der Waals surface area contributed by atoms with Gasteiger partial charge in [0, 0.05) is 31.4 Å². The molecular formula is C42H45FN4O5. The summed E-state index contributed by atoms with van der Waals surface area (Å²) in [4.78, 5) is 7.98. The number of aliphatic hydroxyl groups excluding tert-OH is 2. The molecule has 4 heterocycles. The molecule has 0 amide bonds. The number of aromatic nitrogens is 3. The fourth-order valence-electron chi connectivity index (χ4n) is 11.4. The van der Waals surface area contributed by atoms with Gasteiger partial charge in [0.1, 0.15) is 40.9 Å². The number of fused-ring (bicyclic) bond motifs is 1. The average molecular weight is 706 g/mol. The number of benzene rings is 2. The lowest BCUT2D eigenvalue weighted by Gasteiger charge is -2.61. The van der Waals surface area contributed by atoms with Gasteiger partial charge in [0.15, 0.2) is 5.60 Å². The van der Waals surface area contributed by atoms with Crippen molar-refractivity contribution in [2.75, 3.05) is 20.7 Å². The molecule has 4 aromatic rings. The predicted octanol–water partition coefficient (Wildman–Crippen LogP) is 6.70. The lowest BCUT2D eigenvalue weighted by Crippen LogP contribution is -2.66. The highest BCUT2D eigenvalue weighted by molar-refractivity contribution is 5.84. The van der Waals surface area contributed by atoms with E-state index in [9.17, 15) is 14.6 Å². The summed E-state index contributed by atoms with van der Waals surface area (Å²) in [6.45, 7) is 4.57. The topological polar surface area (TPSA) is 106 Å². The van der Waals surface area contributed by atoms with Crippen LogP contribution in [0.25, 0.3) is 22.2 Å². The van der Waals surface area contributed by atoms with Gasteiger partial charge < -0.3 is 29.1 Å². The van der Waals surface area contributed by atoms with Crippen LogP contribution in [0.3, 0.4) is 0 Å². The number of hydrogen-bond acceptors (Lipinski definition) is 8. The van der Waals surface area contributed by atoms with Crippen LogP contribution in [0.1, 0.15) is 69.1 Å². The molecule has 1 saturated carbocycles. The van der Waals surface area contributed by atoms with Crippen LogP contribution in [0.2, 0.25) is 0 Å². The Morgan fingerprint density at radius 3 is 2.54 bits per heavy atom. The van der Waals surface area contributed by atoms with Crippen molar-refractivity contribution in [2.45, 2.75) is 93.9 Å². The minimum Gasteiger partial charge on any atom is -0.385 e. The number of ether oxygens (including phenoxy) is 2. The number of allylic oxidation sites excluding steroid dienone is 1. The molecule has 2 unspecified atom stereocenters. The molecule has 2 N–H and O–H groups in total. The van der Waals surface area contributed by atoms with E-state index >= 15 is 0 Å². The monoisotopic (exact) mass is 705 g/mol. The number of aryl methyl sites for hydroxylation is 2. The zero-order valence-electron chi connectivity index (χ0n) is 31.0. The second kappa shape index (κ2) is 11.1. The summed E-state index contributed by atoms with van der Waals surface area (Å²) < 4.78 is 45.4. The zero-order valence-corrected chi connectivity index (χ0v) is 30.0. The number of methoxy groups -OCH3 is 1. The number of piperidine rings is 1. The molecule has 3 fully saturated rings. The number of hydrogen-bond donors (Lipinski definition) is 2. The summed E-state index contributed by atoms with van der Waals surface area (Å²) in [5, 5.41) is 29.5. The van der Waals surface area contributed by atoms with Gasteiger partial charge in [-0.1, -0.05) is 54.1 Å². The van der Waals surface area contributed by atoms with Gasteiger partial charge in [-0.05, 0) is 113 Å². The van der Waals surface area contributed by atoms with Crippen LogP contribution in [-0.4, -0.2) is 68.8 Å². The van der Waals surface area contributed by atoms with Gasteiger partial charge in [-0.3, -0.25) is 4.57 Å². The average Bonchev–Trinajstić information content (AvgIpc) is 3.80. The molecule has 10 heteroatoms. The van der Waals surface area contributed by atoms with Gasteiger partial charge in [0.2, 0.25) is 0 Å². The number of rotatable bonds is 5. The first kappa shape index (κ1) is 31.6. The summed E-state index contributed by atoms with van der Waals surface area (Å²) in [5.41, 5.74) is 2.15. The Balaban J connectivity index is 1.33. The van der Waals surface area contributed by atoms with Crippen LogP contribution in [0, 0.1) is 31.0 Å². The molecule has 10 rings (SSSR count). The van der Waals surface area contributed by atoms with Gasteiger partial charge in [-0.15, -0.1) is 0 Å². The molecule has 2 saturated heterocycles. The maximum Gasteiger partial charge on any atom is 0.167 e. The van der Waals surface area contributed by atoms with Gasteiger partial charge in [-0.2, -0.15) is 0 Å². The normalized spacial score (nSPS) is 38.2. The molecule has 2 aromatic carbocycles. The highest BCUT2D eigenvalue weighted by Gasteiger charge is 2.80. The first-order chi connectivity index (χ1) is 25.5. The van der Waals surface area contributed by atoms with Gasteiger partial charge >= 0.3 is 0 Å². The van der Waals surface area contributed by atoms with E-state index in [-0.39, 0.29) is 24.2 Å². The van der Waals surface area contributed by atoms with E-state index in [1.54, 1.807) is 25.3 Å². The molecule has 4 aliphatic carbocycles. The van der Waals surface area contributed by atoms with Crippen molar-refractivity contribution >= 4 is 11.0 Å². The SMILES string of the molecule is [2H]C1CCC(OC)(n2c([C@]34OC5(c6ccc(F)cc6)C6=C(C=CC5O)C[C@@H]5[C@H](C=C[C@@H]3O)[C@@]64CCN5C)nc3cc(-c4c(C)noc4C)ccc32)CC1. The second-order valence-electron chi connectivity index (χ2n) is 15.8. The number of halogens is 1. The van der Waals surface area contributed by atoms with Crippen molar-refractivity contribution in [1.29, 1.82) is 0 Å². The highest BCUT2D eigenvalue weighted by atomic mass is 19.1. The summed E-state index contributed by atoms with van der Waals surface area (Å²) in [6, 6.07) is 12.5. The first-order valence-corrected chi connectivity index (χ1v) is 18.6. The molecule has 2 bridgehead atoms. The Morgan fingerprint density at radius 2 is 1.81 bits per heavy atom. The van der Waals surface area contributed by atoms with Crippen LogP contribution in [0.5, 0.6) is 0 Å². The van der Waals surface area contributed by atoms with E-state index < -0.39 is 34.6 Å². The summed E-state index contributed by atoms with van der Waals surface area (Å²) in [6.07, 6.45) is 9.20. The predicted molar refractivity (Wildman–Crippen MR) is 193 cm³/mol. The lowest BCUT2D eigenvalue weighted by atomic mass is 9.46. The van der Waals surface area contributed by atoms with E-state index in [0.29, 0.717) is 54.8 Å². The molecule has 0 radical (unpaired) electrons.